The van der Waals surface area contributed by atoms with Crippen molar-refractivity contribution in [3.05, 3.63) is 24.3 Å². The van der Waals surface area contributed by atoms with Gasteiger partial charge in [-0.15, -0.1) is 0 Å². The monoisotopic (exact) mass is 902 g/mol. The second-order valence-electron chi connectivity index (χ2n) is 19.6. The Balaban J connectivity index is 3.40. The van der Waals surface area contributed by atoms with Gasteiger partial charge in [0.1, 0.15) is 0 Å². The highest BCUT2D eigenvalue weighted by molar-refractivity contribution is 5.76. The number of aliphatic hydroxyl groups is 2. The van der Waals surface area contributed by atoms with Crippen LogP contribution in [-0.2, 0) is 14.3 Å². The van der Waals surface area contributed by atoms with Gasteiger partial charge in [-0.05, 0) is 57.8 Å². The standard InChI is InChI=1S/C58H111NO5/c1-3-5-7-9-11-13-15-17-23-28-32-36-40-44-48-52-58(63)64-53-49-45-41-37-33-29-25-22-20-18-19-21-24-27-31-35-39-43-47-51-57(62)59-55(54-60)56(61)50-46-42-38-34-30-26-16-14-12-10-8-6-4-2/h11,13,17,23,55-56,60-61H,3-10,12,14-16,18-22,24-54H2,1-2H3,(H,59,62)/b13-11-,23-17-. The number of nitrogens with one attached hydrogen (secondary N) is 1. The molecule has 0 spiro atoms. The van der Waals surface area contributed by atoms with Crippen LogP contribution in [-0.4, -0.2) is 47.4 Å². The van der Waals surface area contributed by atoms with Crippen molar-refractivity contribution < 1.29 is 24.5 Å². The third kappa shape index (κ3) is 49.8. The van der Waals surface area contributed by atoms with Crippen LogP contribution in [0.4, 0.5) is 0 Å². The number of ether oxygens (including phenoxy) is 1. The Kier molecular flexibility index (Phi) is 52.6. The summed E-state index contributed by atoms with van der Waals surface area (Å²) in [5, 5.41) is 23.2. The quantitative estimate of drug-likeness (QED) is 0.0321. The van der Waals surface area contributed by atoms with Gasteiger partial charge in [0.25, 0.3) is 0 Å². The molecule has 1 amide bonds. The van der Waals surface area contributed by atoms with E-state index in [-0.39, 0.29) is 18.5 Å². The van der Waals surface area contributed by atoms with Gasteiger partial charge in [-0.1, -0.05) is 263 Å². The molecule has 0 radical (unpaired) electrons. The first-order valence-electron chi connectivity index (χ1n) is 28.6. The molecule has 0 aliphatic rings. The van der Waals surface area contributed by atoms with Gasteiger partial charge in [0.15, 0.2) is 0 Å². The molecular weight excluding hydrogens is 791 g/mol. The number of hydrogen-bond donors (Lipinski definition) is 3. The molecule has 0 aromatic heterocycles. The molecule has 0 aliphatic carbocycles. The summed E-state index contributed by atoms with van der Waals surface area (Å²) in [5.41, 5.74) is 0. The zero-order valence-electron chi connectivity index (χ0n) is 43.0. The van der Waals surface area contributed by atoms with Crippen LogP contribution >= 0.6 is 0 Å². The average molecular weight is 903 g/mol. The van der Waals surface area contributed by atoms with Crippen molar-refractivity contribution >= 4 is 11.9 Å². The summed E-state index contributed by atoms with van der Waals surface area (Å²) in [7, 11) is 0. The van der Waals surface area contributed by atoms with Gasteiger partial charge < -0.3 is 20.3 Å². The van der Waals surface area contributed by atoms with E-state index in [1.54, 1.807) is 0 Å². The highest BCUT2D eigenvalue weighted by atomic mass is 16.5. The molecule has 378 valence electrons. The van der Waals surface area contributed by atoms with E-state index in [0.717, 1.165) is 51.4 Å². The van der Waals surface area contributed by atoms with Gasteiger partial charge in [-0.25, -0.2) is 0 Å². The molecule has 2 unspecified atom stereocenters. The maximum absolute atomic E-state index is 12.5. The number of hydrogen-bond acceptors (Lipinski definition) is 5. The number of esters is 1. The van der Waals surface area contributed by atoms with Crippen LogP contribution in [0.25, 0.3) is 0 Å². The summed E-state index contributed by atoms with van der Waals surface area (Å²) < 4.78 is 5.47. The van der Waals surface area contributed by atoms with Crippen molar-refractivity contribution in [2.45, 2.75) is 321 Å². The smallest absolute Gasteiger partial charge is 0.305 e. The first kappa shape index (κ1) is 62.3. The number of amides is 1. The number of aliphatic hydroxyl groups excluding tert-OH is 2. The fraction of sp³-hybridized carbons (Fsp3) is 0.897. The Bertz CT molecular complexity index is 997. The molecular formula is C58H111NO5. The SMILES string of the molecule is CCCCC/C=C\C/C=C\CCCCCCCC(=O)OCCCCCCCCCCCCCCCCCCCCCC(=O)NC(CO)C(O)CCCCCCCCCCCCCCC. The van der Waals surface area contributed by atoms with Gasteiger partial charge in [0.05, 0.1) is 25.4 Å². The molecule has 6 heteroatoms. The van der Waals surface area contributed by atoms with E-state index in [1.165, 1.54) is 225 Å². The Morgan fingerprint density at radius 2 is 0.781 bits per heavy atom. The predicted molar refractivity (Wildman–Crippen MR) is 278 cm³/mol. The van der Waals surface area contributed by atoms with E-state index < -0.39 is 12.1 Å². The summed E-state index contributed by atoms with van der Waals surface area (Å²) in [6.45, 7) is 4.92. The fourth-order valence-corrected chi connectivity index (χ4v) is 8.85. The number of rotatable bonds is 53. The van der Waals surface area contributed by atoms with Crippen molar-refractivity contribution in [2.75, 3.05) is 13.2 Å². The molecule has 64 heavy (non-hydrogen) atoms. The Morgan fingerprint density at radius 1 is 0.438 bits per heavy atom. The lowest BCUT2D eigenvalue weighted by molar-refractivity contribution is -0.143. The van der Waals surface area contributed by atoms with Crippen molar-refractivity contribution in [1.82, 2.24) is 5.32 Å². The molecule has 0 aliphatic heterocycles. The van der Waals surface area contributed by atoms with Crippen molar-refractivity contribution in [3.63, 3.8) is 0 Å². The van der Waals surface area contributed by atoms with Crippen LogP contribution in [0.5, 0.6) is 0 Å². The predicted octanol–water partition coefficient (Wildman–Crippen LogP) is 17.5. The first-order chi connectivity index (χ1) is 31.5. The second kappa shape index (κ2) is 54.0. The summed E-state index contributed by atoms with van der Waals surface area (Å²) in [6.07, 6.45) is 64.5. The van der Waals surface area contributed by atoms with E-state index in [0.29, 0.717) is 25.9 Å². The molecule has 0 aromatic carbocycles. The molecule has 3 N–H and O–H groups in total. The van der Waals surface area contributed by atoms with E-state index in [1.807, 2.05) is 0 Å². The van der Waals surface area contributed by atoms with Crippen molar-refractivity contribution in [3.8, 4) is 0 Å². The largest absolute Gasteiger partial charge is 0.466 e. The Hall–Kier alpha value is -1.66. The van der Waals surface area contributed by atoms with Crippen LogP contribution in [0.1, 0.15) is 309 Å². The van der Waals surface area contributed by atoms with Crippen molar-refractivity contribution in [2.24, 2.45) is 0 Å². The summed E-state index contributed by atoms with van der Waals surface area (Å²) in [5.74, 6) is -0.0424. The minimum absolute atomic E-state index is 0.00482. The topological polar surface area (TPSA) is 95.9 Å². The number of carbonyl (C=O) groups is 2. The molecule has 0 aromatic rings. The van der Waals surface area contributed by atoms with Crippen LogP contribution in [0.15, 0.2) is 24.3 Å². The lowest BCUT2D eigenvalue weighted by Gasteiger charge is -2.22. The Morgan fingerprint density at radius 3 is 1.22 bits per heavy atom. The normalized spacial score (nSPS) is 12.8. The molecule has 0 bridgehead atoms. The minimum atomic E-state index is -0.665. The van der Waals surface area contributed by atoms with Gasteiger partial charge >= 0.3 is 5.97 Å². The third-order valence-corrected chi connectivity index (χ3v) is 13.3. The molecule has 2 atom stereocenters. The van der Waals surface area contributed by atoms with Gasteiger partial charge in [0.2, 0.25) is 5.91 Å². The van der Waals surface area contributed by atoms with Gasteiger partial charge in [-0.2, -0.15) is 0 Å². The number of allylic oxidation sites excluding steroid dienone is 4. The highest BCUT2D eigenvalue weighted by Crippen LogP contribution is 2.17. The van der Waals surface area contributed by atoms with Crippen LogP contribution in [0.3, 0.4) is 0 Å². The summed E-state index contributed by atoms with van der Waals surface area (Å²) in [6, 6.07) is -0.543. The zero-order chi connectivity index (χ0) is 46.5. The Labute approximate surface area is 399 Å². The zero-order valence-corrected chi connectivity index (χ0v) is 43.0. The van der Waals surface area contributed by atoms with E-state index in [2.05, 4.69) is 43.5 Å². The fourth-order valence-electron chi connectivity index (χ4n) is 8.85. The van der Waals surface area contributed by atoms with Gasteiger partial charge in [-0.3, -0.25) is 9.59 Å². The molecule has 0 heterocycles. The van der Waals surface area contributed by atoms with E-state index in [9.17, 15) is 19.8 Å². The maximum Gasteiger partial charge on any atom is 0.305 e. The lowest BCUT2D eigenvalue weighted by Crippen LogP contribution is -2.45. The third-order valence-electron chi connectivity index (χ3n) is 13.3. The van der Waals surface area contributed by atoms with Crippen LogP contribution < -0.4 is 5.32 Å². The molecule has 0 saturated carbocycles. The number of unbranched alkanes of at least 4 members (excludes halogenated alkanes) is 38. The maximum atomic E-state index is 12.5. The van der Waals surface area contributed by atoms with Gasteiger partial charge in [0, 0.05) is 12.8 Å². The van der Waals surface area contributed by atoms with Crippen LogP contribution in [0.2, 0.25) is 0 Å². The second-order valence-corrected chi connectivity index (χ2v) is 19.6. The number of carbonyl (C=O) groups excluding carboxylic acids is 2. The molecule has 6 nitrogen and oxygen atoms in total. The molecule has 0 fully saturated rings. The van der Waals surface area contributed by atoms with Crippen LogP contribution in [0, 0.1) is 0 Å². The van der Waals surface area contributed by atoms with E-state index >= 15 is 0 Å². The molecule has 0 rings (SSSR count). The summed E-state index contributed by atoms with van der Waals surface area (Å²) in [4.78, 5) is 24.5. The average Bonchev–Trinajstić information content (AvgIpc) is 3.29. The first-order valence-corrected chi connectivity index (χ1v) is 28.6. The summed E-state index contributed by atoms with van der Waals surface area (Å²) >= 11 is 0. The van der Waals surface area contributed by atoms with Crippen molar-refractivity contribution in [1.29, 1.82) is 0 Å². The lowest BCUT2D eigenvalue weighted by atomic mass is 10.0. The highest BCUT2D eigenvalue weighted by Gasteiger charge is 2.20. The van der Waals surface area contributed by atoms with E-state index in [4.69, 9.17) is 4.74 Å². The molecule has 0 saturated heterocycles. The minimum Gasteiger partial charge on any atom is -0.466 e.